The maximum Gasteiger partial charge on any atom is 0.251 e. The molecular weight excluding hydrogens is 532 g/mol. The minimum Gasteiger partial charge on any atom is -0.457 e. The van der Waals surface area contributed by atoms with Gasteiger partial charge in [0, 0.05) is 38.8 Å². The molecule has 42 heavy (non-hydrogen) atoms. The Morgan fingerprint density at radius 2 is 1.67 bits per heavy atom. The maximum atomic E-state index is 13.8. The summed E-state index contributed by atoms with van der Waals surface area (Å²) in [4.78, 5) is 43.3. The summed E-state index contributed by atoms with van der Waals surface area (Å²) in [5.41, 5.74) is 0.869. The number of nitrogens with zero attached hydrogens (tertiary/aromatic N) is 2. The third-order valence-corrected chi connectivity index (χ3v) is 9.31. The highest BCUT2D eigenvalue weighted by Crippen LogP contribution is 2.37. The van der Waals surface area contributed by atoms with Crippen LogP contribution < -0.4 is 15.4 Å². The first kappa shape index (κ1) is 30.0. The molecule has 2 aromatic carbocycles. The number of nitrogens with one attached hydrogen (secondary N) is 2. The third-order valence-electron chi connectivity index (χ3n) is 9.31. The molecule has 9 nitrogen and oxygen atoms in total. The van der Waals surface area contributed by atoms with Crippen LogP contribution in [0, 0.1) is 5.92 Å². The summed E-state index contributed by atoms with van der Waals surface area (Å²) < 4.78 is 5.95. The van der Waals surface area contributed by atoms with Crippen molar-refractivity contribution in [1.82, 2.24) is 20.4 Å². The Kier molecular flexibility index (Phi) is 9.48. The molecule has 0 aromatic heterocycles. The van der Waals surface area contributed by atoms with E-state index in [0.717, 1.165) is 50.6 Å². The summed E-state index contributed by atoms with van der Waals surface area (Å²) in [5, 5.41) is 16.6. The molecule has 3 amide bonds. The van der Waals surface area contributed by atoms with Crippen LogP contribution in [-0.4, -0.2) is 77.0 Å². The van der Waals surface area contributed by atoms with Crippen LogP contribution in [-0.2, 0) is 16.1 Å². The molecular formula is C33H44N4O5. The van der Waals surface area contributed by atoms with Gasteiger partial charge in [-0.1, -0.05) is 38.3 Å². The molecule has 3 N–H and O–H groups in total. The van der Waals surface area contributed by atoms with Gasteiger partial charge in [-0.15, -0.1) is 0 Å². The van der Waals surface area contributed by atoms with Gasteiger partial charge < -0.3 is 25.4 Å². The minimum absolute atomic E-state index is 0.0783. The van der Waals surface area contributed by atoms with Crippen LogP contribution in [0.5, 0.6) is 11.5 Å². The molecule has 1 aliphatic carbocycles. The van der Waals surface area contributed by atoms with Crippen molar-refractivity contribution in [3.8, 4) is 11.5 Å². The lowest BCUT2D eigenvalue weighted by atomic mass is 9.80. The highest BCUT2D eigenvalue weighted by Gasteiger charge is 2.55. The van der Waals surface area contributed by atoms with Crippen LogP contribution in [0.25, 0.3) is 0 Å². The molecule has 0 bridgehead atoms. The van der Waals surface area contributed by atoms with Crippen molar-refractivity contribution in [1.29, 1.82) is 0 Å². The number of carbonyl (C=O) groups excluding carboxylic acids is 3. The van der Waals surface area contributed by atoms with Gasteiger partial charge in [-0.05, 0) is 80.0 Å². The van der Waals surface area contributed by atoms with E-state index in [4.69, 9.17) is 4.74 Å². The molecule has 1 saturated carbocycles. The highest BCUT2D eigenvalue weighted by atomic mass is 16.5. The van der Waals surface area contributed by atoms with E-state index < -0.39 is 17.7 Å². The van der Waals surface area contributed by atoms with Crippen molar-refractivity contribution in [3.63, 3.8) is 0 Å². The van der Waals surface area contributed by atoms with Crippen molar-refractivity contribution in [2.45, 2.75) is 82.5 Å². The molecule has 2 atom stereocenters. The summed E-state index contributed by atoms with van der Waals surface area (Å²) in [6.07, 6.45) is 6.07. The number of aliphatic hydroxyl groups is 1. The smallest absolute Gasteiger partial charge is 0.251 e. The lowest BCUT2D eigenvalue weighted by Crippen LogP contribution is -2.75. The number of carbonyl (C=O) groups is 3. The fourth-order valence-electron chi connectivity index (χ4n) is 6.74. The Labute approximate surface area is 248 Å². The van der Waals surface area contributed by atoms with Crippen molar-refractivity contribution in [2.24, 2.45) is 5.92 Å². The van der Waals surface area contributed by atoms with Crippen molar-refractivity contribution in [2.75, 3.05) is 26.7 Å². The average Bonchev–Trinajstić information content (AvgIpc) is 3.56. The molecule has 2 aromatic rings. The first-order valence-electron chi connectivity index (χ1n) is 15.5. The first-order chi connectivity index (χ1) is 20.3. The summed E-state index contributed by atoms with van der Waals surface area (Å²) in [6.45, 7) is 4.79. The van der Waals surface area contributed by atoms with E-state index in [1.807, 2.05) is 29.2 Å². The van der Waals surface area contributed by atoms with Gasteiger partial charge in [0.05, 0.1) is 6.10 Å². The fraction of sp³-hybridized carbons (Fsp3) is 0.545. The number of rotatable bonds is 10. The molecule has 1 spiro atoms. The van der Waals surface area contributed by atoms with Crippen LogP contribution in [0.4, 0.5) is 0 Å². The lowest BCUT2D eigenvalue weighted by Gasteiger charge is -2.52. The second-order valence-electron chi connectivity index (χ2n) is 12.0. The lowest BCUT2D eigenvalue weighted by molar-refractivity contribution is -0.165. The Balaban J connectivity index is 1.19. The number of benzene rings is 2. The normalized spacial score (nSPS) is 21.8. The molecule has 2 saturated heterocycles. The zero-order valence-electron chi connectivity index (χ0n) is 24.8. The van der Waals surface area contributed by atoms with E-state index in [9.17, 15) is 19.5 Å². The second-order valence-corrected chi connectivity index (χ2v) is 12.0. The van der Waals surface area contributed by atoms with Gasteiger partial charge in [0.25, 0.3) is 5.91 Å². The number of hydrogen-bond acceptors (Lipinski definition) is 6. The van der Waals surface area contributed by atoms with Crippen LogP contribution in [0.1, 0.15) is 74.2 Å². The predicted octanol–water partition coefficient (Wildman–Crippen LogP) is 3.85. The zero-order valence-corrected chi connectivity index (χ0v) is 24.8. The molecule has 3 fully saturated rings. The van der Waals surface area contributed by atoms with Gasteiger partial charge >= 0.3 is 0 Å². The van der Waals surface area contributed by atoms with Gasteiger partial charge in [0.2, 0.25) is 11.8 Å². The summed E-state index contributed by atoms with van der Waals surface area (Å²) in [6, 6.07) is 14.1. The molecule has 2 aliphatic heterocycles. The summed E-state index contributed by atoms with van der Waals surface area (Å²) in [5.74, 6) is 1.08. The third kappa shape index (κ3) is 6.32. The minimum atomic E-state index is -0.848. The number of piperazine rings is 1. The monoisotopic (exact) mass is 576 g/mol. The van der Waals surface area contributed by atoms with Gasteiger partial charge in [0.15, 0.2) is 0 Å². The highest BCUT2D eigenvalue weighted by molar-refractivity contribution is 6.00. The van der Waals surface area contributed by atoms with E-state index in [-0.39, 0.29) is 23.6 Å². The number of likely N-dealkylation sites (tertiary alicyclic amines) is 1. The van der Waals surface area contributed by atoms with Crippen LogP contribution in [0.2, 0.25) is 0 Å². The van der Waals surface area contributed by atoms with Crippen LogP contribution in [0.3, 0.4) is 0 Å². The average molecular weight is 577 g/mol. The van der Waals surface area contributed by atoms with Crippen molar-refractivity contribution in [3.05, 3.63) is 59.7 Å². The zero-order chi connectivity index (χ0) is 29.7. The van der Waals surface area contributed by atoms with E-state index >= 15 is 0 Å². The standard InChI is InChI=1S/C33H44N4O5/c1-3-4-19-37-31(40)28(29(38)24-7-5-6-8-24)35-32(41)33(37)17-20-36(21-18-33)22-23-9-13-26(14-10-23)42-27-15-11-25(12-16-27)30(39)34-2/h9-16,24,28-29,38H,3-8,17-22H2,1-2H3,(H,34,39)(H,35,41)/t28-,29-/m1/s1. The predicted molar refractivity (Wildman–Crippen MR) is 160 cm³/mol. The molecule has 0 radical (unpaired) electrons. The molecule has 3 aliphatic rings. The maximum absolute atomic E-state index is 13.8. The number of ether oxygens (including phenoxy) is 1. The van der Waals surface area contributed by atoms with Crippen molar-refractivity contribution >= 4 is 17.7 Å². The molecule has 226 valence electrons. The number of amides is 3. The Morgan fingerprint density at radius 3 is 2.26 bits per heavy atom. The van der Waals surface area contributed by atoms with Gasteiger partial charge in [-0.2, -0.15) is 0 Å². The van der Waals surface area contributed by atoms with Gasteiger partial charge in [-0.25, -0.2) is 0 Å². The number of piperidine rings is 1. The quantitative estimate of drug-likeness (QED) is 0.396. The number of aliphatic hydroxyl groups excluding tert-OH is 1. The Bertz CT molecular complexity index is 1230. The molecule has 2 heterocycles. The van der Waals surface area contributed by atoms with Crippen molar-refractivity contribution < 1.29 is 24.2 Å². The van der Waals surface area contributed by atoms with E-state index in [2.05, 4.69) is 22.5 Å². The second kappa shape index (κ2) is 13.3. The fourth-order valence-corrected chi connectivity index (χ4v) is 6.74. The topological polar surface area (TPSA) is 111 Å². The summed E-state index contributed by atoms with van der Waals surface area (Å²) in [7, 11) is 1.60. The van der Waals surface area contributed by atoms with E-state index in [0.29, 0.717) is 49.5 Å². The molecule has 5 rings (SSSR count). The molecule has 0 unspecified atom stereocenters. The van der Waals surface area contributed by atoms with E-state index in [1.54, 1.807) is 31.3 Å². The van der Waals surface area contributed by atoms with E-state index in [1.165, 1.54) is 0 Å². The van der Waals surface area contributed by atoms with Crippen LogP contribution >= 0.6 is 0 Å². The number of hydrogen-bond donors (Lipinski definition) is 3. The Morgan fingerprint density at radius 1 is 1.05 bits per heavy atom. The first-order valence-corrected chi connectivity index (χ1v) is 15.5. The van der Waals surface area contributed by atoms with Gasteiger partial charge in [0.1, 0.15) is 23.1 Å². The largest absolute Gasteiger partial charge is 0.457 e. The molecule has 9 heteroatoms. The van der Waals surface area contributed by atoms with Crippen LogP contribution in [0.15, 0.2) is 48.5 Å². The van der Waals surface area contributed by atoms with Gasteiger partial charge in [-0.3, -0.25) is 19.3 Å². The SMILES string of the molecule is CCCCN1C(=O)[C@@H]([C@H](O)C2CCCC2)NC(=O)C12CCN(Cc1ccc(Oc3ccc(C(=O)NC)cc3)cc1)CC2. The summed E-state index contributed by atoms with van der Waals surface area (Å²) >= 11 is 0. The Hall–Kier alpha value is -3.43. The number of unbranched alkanes of at least 4 members (excludes halogenated alkanes) is 1.